The van der Waals surface area contributed by atoms with E-state index in [-0.39, 0.29) is 0 Å². The van der Waals surface area contributed by atoms with E-state index < -0.39 is 0 Å². The van der Waals surface area contributed by atoms with E-state index in [1.807, 2.05) is 34.9 Å². The molecule has 3 rings (SSSR count). The first kappa shape index (κ1) is 9.77. The van der Waals surface area contributed by atoms with Crippen LogP contribution in [0.2, 0.25) is 0 Å². The number of nitrogens with zero attached hydrogens (tertiary/aromatic N) is 4. The minimum atomic E-state index is 0.610. The van der Waals surface area contributed by atoms with Crippen LogP contribution < -0.4 is 4.74 Å². The molecule has 17 heavy (non-hydrogen) atoms. The molecule has 0 radical (unpaired) electrons. The van der Waals surface area contributed by atoms with Crippen LogP contribution in [0.3, 0.4) is 0 Å². The Labute approximate surface area is 97.7 Å². The summed E-state index contributed by atoms with van der Waals surface area (Å²) in [7, 11) is 1.60. The predicted molar refractivity (Wildman–Crippen MR) is 62.8 cm³/mol. The van der Waals surface area contributed by atoms with Gasteiger partial charge in [0.25, 0.3) is 0 Å². The molecule has 0 atom stereocenters. The fourth-order valence-corrected chi connectivity index (χ4v) is 1.67. The maximum absolute atomic E-state index is 5.03. The third kappa shape index (κ3) is 1.71. The second-order valence-electron chi connectivity index (χ2n) is 3.60. The first-order valence-corrected chi connectivity index (χ1v) is 5.16. The van der Waals surface area contributed by atoms with Gasteiger partial charge in [-0.1, -0.05) is 0 Å². The van der Waals surface area contributed by atoms with Gasteiger partial charge < -0.3 is 4.74 Å². The molecule has 0 aliphatic rings. The van der Waals surface area contributed by atoms with Gasteiger partial charge in [-0.3, -0.25) is 4.40 Å². The lowest BCUT2D eigenvalue weighted by Gasteiger charge is -2.03. The first-order chi connectivity index (χ1) is 8.36. The fraction of sp³-hybridized carbons (Fsp3) is 0.0833. The predicted octanol–water partition coefficient (Wildman–Crippen LogP) is 1.80. The lowest BCUT2D eigenvalue weighted by atomic mass is 10.1. The molecule has 5 heteroatoms. The number of pyridine rings is 2. The van der Waals surface area contributed by atoms with Gasteiger partial charge in [0, 0.05) is 29.6 Å². The average molecular weight is 226 g/mol. The molecule has 5 nitrogen and oxygen atoms in total. The summed E-state index contributed by atoms with van der Waals surface area (Å²) in [5, 5.41) is 7.80. The zero-order chi connectivity index (χ0) is 11.7. The summed E-state index contributed by atoms with van der Waals surface area (Å²) in [5.74, 6) is 0.610. The van der Waals surface area contributed by atoms with Crippen LogP contribution in [0.5, 0.6) is 5.88 Å². The van der Waals surface area contributed by atoms with E-state index in [2.05, 4.69) is 15.2 Å². The summed E-state index contributed by atoms with van der Waals surface area (Å²) < 4.78 is 6.90. The van der Waals surface area contributed by atoms with Gasteiger partial charge in [-0.15, -0.1) is 10.2 Å². The van der Waals surface area contributed by atoms with Crippen LogP contribution in [0.4, 0.5) is 0 Å². The van der Waals surface area contributed by atoms with Crippen molar-refractivity contribution in [3.8, 4) is 17.0 Å². The lowest BCUT2D eigenvalue weighted by Crippen LogP contribution is -1.89. The zero-order valence-corrected chi connectivity index (χ0v) is 9.24. The highest BCUT2D eigenvalue weighted by Gasteiger charge is 2.01. The van der Waals surface area contributed by atoms with Crippen molar-refractivity contribution in [3.05, 3.63) is 43.0 Å². The molecule has 0 amide bonds. The normalized spacial score (nSPS) is 10.6. The van der Waals surface area contributed by atoms with E-state index >= 15 is 0 Å². The third-order valence-electron chi connectivity index (χ3n) is 2.57. The quantitative estimate of drug-likeness (QED) is 0.668. The highest BCUT2D eigenvalue weighted by molar-refractivity contribution is 5.63. The van der Waals surface area contributed by atoms with Crippen molar-refractivity contribution < 1.29 is 4.74 Å². The molecule has 0 N–H and O–H groups in total. The van der Waals surface area contributed by atoms with Crippen molar-refractivity contribution >= 4 is 5.65 Å². The van der Waals surface area contributed by atoms with Gasteiger partial charge in [-0.25, -0.2) is 4.98 Å². The summed E-state index contributed by atoms with van der Waals surface area (Å²) >= 11 is 0. The smallest absolute Gasteiger partial charge is 0.212 e. The number of hydrogen-bond acceptors (Lipinski definition) is 4. The van der Waals surface area contributed by atoms with Crippen LogP contribution in [0.15, 0.2) is 43.0 Å². The Morgan fingerprint density at radius 2 is 2.00 bits per heavy atom. The Morgan fingerprint density at radius 1 is 1.12 bits per heavy atom. The molecule has 0 aromatic carbocycles. The zero-order valence-electron chi connectivity index (χ0n) is 9.24. The summed E-state index contributed by atoms with van der Waals surface area (Å²) in [5.41, 5.74) is 2.92. The van der Waals surface area contributed by atoms with Crippen LogP contribution >= 0.6 is 0 Å². The Hall–Kier alpha value is -2.43. The van der Waals surface area contributed by atoms with Crippen LogP contribution in [-0.2, 0) is 0 Å². The topological polar surface area (TPSA) is 52.3 Å². The molecule has 84 valence electrons. The largest absolute Gasteiger partial charge is 0.481 e. The van der Waals surface area contributed by atoms with E-state index in [1.54, 1.807) is 19.6 Å². The summed E-state index contributed by atoms with van der Waals surface area (Å²) in [6.45, 7) is 0. The molecule has 3 heterocycles. The van der Waals surface area contributed by atoms with Crippen molar-refractivity contribution in [2.45, 2.75) is 0 Å². The highest BCUT2D eigenvalue weighted by Crippen LogP contribution is 2.20. The van der Waals surface area contributed by atoms with E-state index in [0.717, 1.165) is 16.8 Å². The van der Waals surface area contributed by atoms with Gasteiger partial charge in [-0.2, -0.15) is 0 Å². The summed E-state index contributed by atoms with van der Waals surface area (Å²) in [6, 6.07) is 7.73. The molecule has 0 unspecified atom stereocenters. The monoisotopic (exact) mass is 226 g/mol. The molecular formula is C12H10N4O. The van der Waals surface area contributed by atoms with Crippen molar-refractivity contribution in [2.24, 2.45) is 0 Å². The van der Waals surface area contributed by atoms with Crippen LogP contribution in [-0.4, -0.2) is 26.7 Å². The van der Waals surface area contributed by atoms with Gasteiger partial charge in [0.05, 0.1) is 7.11 Å². The van der Waals surface area contributed by atoms with Crippen LogP contribution in [0.25, 0.3) is 16.8 Å². The summed E-state index contributed by atoms with van der Waals surface area (Å²) in [4.78, 5) is 4.18. The number of rotatable bonds is 2. The Morgan fingerprint density at radius 3 is 2.76 bits per heavy atom. The van der Waals surface area contributed by atoms with Gasteiger partial charge in [0.2, 0.25) is 5.88 Å². The van der Waals surface area contributed by atoms with Crippen molar-refractivity contribution in [2.75, 3.05) is 7.11 Å². The van der Waals surface area contributed by atoms with Gasteiger partial charge in [-0.05, 0) is 18.2 Å². The molecule has 0 aliphatic carbocycles. The number of methoxy groups -OCH3 is 1. The van der Waals surface area contributed by atoms with Gasteiger partial charge >= 0.3 is 0 Å². The van der Waals surface area contributed by atoms with Crippen molar-refractivity contribution in [3.63, 3.8) is 0 Å². The molecule has 3 aromatic rings. The van der Waals surface area contributed by atoms with E-state index in [9.17, 15) is 0 Å². The second-order valence-corrected chi connectivity index (χ2v) is 3.60. The van der Waals surface area contributed by atoms with Gasteiger partial charge in [0.1, 0.15) is 6.33 Å². The molecule has 0 aliphatic heterocycles. The minimum absolute atomic E-state index is 0.610. The average Bonchev–Trinajstić information content (AvgIpc) is 2.86. The number of ether oxygens (including phenoxy) is 1. The van der Waals surface area contributed by atoms with Crippen LogP contribution in [0.1, 0.15) is 0 Å². The summed E-state index contributed by atoms with van der Waals surface area (Å²) in [6.07, 6.45) is 5.43. The Kier molecular flexibility index (Phi) is 2.22. The molecule has 0 spiro atoms. The first-order valence-electron chi connectivity index (χ1n) is 5.16. The maximum atomic E-state index is 5.03. The molecular weight excluding hydrogens is 216 g/mol. The Balaban J connectivity index is 2.06. The maximum Gasteiger partial charge on any atom is 0.212 e. The standard InChI is InChI=1S/C12H10N4O/c1-17-12-5-3-9(6-13-12)10-2-4-11-15-14-8-16(11)7-10/h2-8H,1H3. The van der Waals surface area contributed by atoms with Crippen LogP contribution in [0, 0.1) is 0 Å². The third-order valence-corrected chi connectivity index (χ3v) is 2.57. The second kappa shape index (κ2) is 3.86. The Bertz CT molecular complexity index is 645. The molecule has 0 saturated carbocycles. The molecule has 3 aromatic heterocycles. The number of aromatic nitrogens is 4. The van der Waals surface area contributed by atoms with E-state index in [1.165, 1.54) is 0 Å². The van der Waals surface area contributed by atoms with E-state index in [4.69, 9.17) is 4.74 Å². The number of fused-ring (bicyclic) bond motifs is 1. The van der Waals surface area contributed by atoms with E-state index in [0.29, 0.717) is 5.88 Å². The van der Waals surface area contributed by atoms with Crippen molar-refractivity contribution in [1.29, 1.82) is 0 Å². The highest BCUT2D eigenvalue weighted by atomic mass is 16.5. The lowest BCUT2D eigenvalue weighted by molar-refractivity contribution is 0.398. The fourth-order valence-electron chi connectivity index (χ4n) is 1.67. The molecule has 0 fully saturated rings. The minimum Gasteiger partial charge on any atom is -0.481 e. The number of hydrogen-bond donors (Lipinski definition) is 0. The molecule has 0 bridgehead atoms. The van der Waals surface area contributed by atoms with Crippen molar-refractivity contribution in [1.82, 2.24) is 19.6 Å². The van der Waals surface area contributed by atoms with Gasteiger partial charge in [0.15, 0.2) is 5.65 Å². The molecule has 0 saturated heterocycles. The SMILES string of the molecule is COc1ccc(-c2ccc3nncn3c2)cn1.